The fourth-order valence-electron chi connectivity index (χ4n) is 1.42. The molecule has 1 N–H and O–H groups in total. The van der Waals surface area contributed by atoms with E-state index in [1.807, 2.05) is 36.4 Å². The zero-order chi connectivity index (χ0) is 12.2. The van der Waals surface area contributed by atoms with Crippen LogP contribution in [0.1, 0.15) is 0 Å². The van der Waals surface area contributed by atoms with Crippen molar-refractivity contribution >= 4 is 22.5 Å². The summed E-state index contributed by atoms with van der Waals surface area (Å²) in [7, 11) is 0. The van der Waals surface area contributed by atoms with Gasteiger partial charge >= 0.3 is 0 Å². The maximum absolute atomic E-state index is 4.37. The van der Waals surface area contributed by atoms with Crippen LogP contribution in [0.5, 0.6) is 0 Å². The number of nitrogens with zero attached hydrogens (tertiary/aromatic N) is 4. The molecular formula is C12H9N5S. The maximum atomic E-state index is 4.37. The van der Waals surface area contributed by atoms with E-state index in [9.17, 15) is 0 Å². The lowest BCUT2D eigenvalue weighted by Gasteiger charge is -1.98. The zero-order valence-electron chi connectivity index (χ0n) is 9.32. The van der Waals surface area contributed by atoms with Gasteiger partial charge in [0.15, 0.2) is 5.82 Å². The number of anilines is 2. The zero-order valence-corrected chi connectivity index (χ0v) is 10.1. The average Bonchev–Trinajstić information content (AvgIpc) is 2.89. The van der Waals surface area contributed by atoms with Gasteiger partial charge in [0.1, 0.15) is 11.5 Å². The van der Waals surface area contributed by atoms with Crippen molar-refractivity contribution < 1.29 is 0 Å². The molecule has 0 saturated carbocycles. The second kappa shape index (κ2) is 4.89. The van der Waals surface area contributed by atoms with Crippen molar-refractivity contribution in [1.29, 1.82) is 0 Å². The molecule has 0 aromatic carbocycles. The molecule has 5 nitrogen and oxygen atoms in total. The van der Waals surface area contributed by atoms with Crippen molar-refractivity contribution in [3.8, 4) is 11.5 Å². The smallest absolute Gasteiger partial charge is 0.208 e. The lowest BCUT2D eigenvalue weighted by Crippen LogP contribution is -1.92. The third-order valence-corrected chi connectivity index (χ3v) is 2.85. The van der Waals surface area contributed by atoms with Crippen LogP contribution in [0.2, 0.25) is 0 Å². The number of aromatic nitrogens is 4. The summed E-state index contributed by atoms with van der Waals surface area (Å²) in [6.07, 6.45) is 3.45. The lowest BCUT2D eigenvalue weighted by molar-refractivity contribution is 1.22. The molecule has 0 aliphatic carbocycles. The van der Waals surface area contributed by atoms with Crippen LogP contribution < -0.4 is 5.32 Å². The molecule has 3 aromatic heterocycles. The third kappa shape index (κ3) is 2.33. The Bertz CT molecular complexity index is 623. The van der Waals surface area contributed by atoms with Gasteiger partial charge in [-0.2, -0.15) is 9.36 Å². The summed E-state index contributed by atoms with van der Waals surface area (Å²) in [5, 5.41) is 3.80. The molecule has 0 spiro atoms. The van der Waals surface area contributed by atoms with Crippen LogP contribution in [-0.2, 0) is 0 Å². The van der Waals surface area contributed by atoms with Crippen LogP contribution in [0, 0.1) is 0 Å². The fraction of sp³-hybridized carbons (Fsp3) is 0. The lowest BCUT2D eigenvalue weighted by atomic mass is 10.3. The van der Waals surface area contributed by atoms with Crippen LogP contribution >= 0.6 is 11.5 Å². The molecule has 0 fully saturated rings. The Hall–Kier alpha value is -2.34. The van der Waals surface area contributed by atoms with Crippen LogP contribution in [0.15, 0.2) is 48.8 Å². The number of pyridine rings is 2. The van der Waals surface area contributed by atoms with Crippen molar-refractivity contribution in [1.82, 2.24) is 19.3 Å². The van der Waals surface area contributed by atoms with Crippen LogP contribution in [0.25, 0.3) is 11.5 Å². The van der Waals surface area contributed by atoms with Crippen molar-refractivity contribution in [3.05, 3.63) is 48.8 Å². The predicted molar refractivity (Wildman–Crippen MR) is 70.7 cm³/mol. The van der Waals surface area contributed by atoms with E-state index in [2.05, 4.69) is 24.6 Å². The van der Waals surface area contributed by atoms with Gasteiger partial charge in [0.05, 0.1) is 0 Å². The monoisotopic (exact) mass is 255 g/mol. The highest BCUT2D eigenvalue weighted by Gasteiger charge is 2.07. The summed E-state index contributed by atoms with van der Waals surface area (Å²) >= 11 is 1.29. The molecule has 3 heterocycles. The molecule has 0 unspecified atom stereocenters. The Morgan fingerprint density at radius 1 is 0.944 bits per heavy atom. The Morgan fingerprint density at radius 2 is 1.78 bits per heavy atom. The summed E-state index contributed by atoms with van der Waals surface area (Å²) in [5.74, 6) is 1.38. The van der Waals surface area contributed by atoms with Crippen molar-refractivity contribution in [2.75, 3.05) is 5.32 Å². The minimum atomic E-state index is 0.624. The second-order valence-corrected chi connectivity index (χ2v) is 4.23. The highest BCUT2D eigenvalue weighted by Crippen LogP contribution is 2.21. The first-order valence-corrected chi connectivity index (χ1v) is 6.12. The SMILES string of the molecule is c1ccc(Nc2nc(-c3ccccn3)ns2)nc1. The number of rotatable bonds is 3. The van der Waals surface area contributed by atoms with Crippen molar-refractivity contribution in [2.24, 2.45) is 0 Å². The largest absolute Gasteiger partial charge is 0.315 e. The molecule has 0 saturated heterocycles. The van der Waals surface area contributed by atoms with E-state index in [0.717, 1.165) is 11.5 Å². The molecule has 88 valence electrons. The summed E-state index contributed by atoms with van der Waals surface area (Å²) < 4.78 is 4.26. The number of hydrogen-bond donors (Lipinski definition) is 1. The average molecular weight is 255 g/mol. The van der Waals surface area contributed by atoms with E-state index in [-0.39, 0.29) is 0 Å². The molecule has 3 rings (SSSR count). The molecule has 0 amide bonds. The summed E-state index contributed by atoms with van der Waals surface area (Å²) in [5.41, 5.74) is 0.767. The topological polar surface area (TPSA) is 63.6 Å². The van der Waals surface area contributed by atoms with Crippen LogP contribution in [0.3, 0.4) is 0 Å². The van der Waals surface area contributed by atoms with E-state index in [4.69, 9.17) is 0 Å². The first-order valence-electron chi connectivity index (χ1n) is 5.35. The van der Waals surface area contributed by atoms with Gasteiger partial charge in [-0.3, -0.25) is 4.98 Å². The molecular weight excluding hydrogens is 246 g/mol. The van der Waals surface area contributed by atoms with E-state index in [1.54, 1.807) is 12.4 Å². The standard InChI is InChI=1S/C12H9N5S/c1-3-7-13-9(5-1)11-16-12(18-17-11)15-10-6-2-4-8-14-10/h1-8H,(H,14,15,16,17). The molecule has 0 aliphatic rings. The van der Waals surface area contributed by atoms with E-state index in [0.29, 0.717) is 11.0 Å². The highest BCUT2D eigenvalue weighted by molar-refractivity contribution is 7.09. The maximum Gasteiger partial charge on any atom is 0.208 e. The molecule has 6 heteroatoms. The Morgan fingerprint density at radius 3 is 2.50 bits per heavy atom. The minimum absolute atomic E-state index is 0.624. The molecule has 0 radical (unpaired) electrons. The minimum Gasteiger partial charge on any atom is -0.315 e. The third-order valence-electron chi connectivity index (χ3n) is 2.22. The van der Waals surface area contributed by atoms with Crippen molar-refractivity contribution in [2.45, 2.75) is 0 Å². The first kappa shape index (κ1) is 10.8. The van der Waals surface area contributed by atoms with E-state index < -0.39 is 0 Å². The Labute approximate surface area is 108 Å². The van der Waals surface area contributed by atoms with E-state index >= 15 is 0 Å². The van der Waals surface area contributed by atoms with Gasteiger partial charge < -0.3 is 5.32 Å². The summed E-state index contributed by atoms with van der Waals surface area (Å²) in [4.78, 5) is 12.7. The molecule has 3 aromatic rings. The van der Waals surface area contributed by atoms with Crippen LogP contribution in [-0.4, -0.2) is 19.3 Å². The predicted octanol–water partition coefficient (Wildman–Crippen LogP) is 2.74. The highest BCUT2D eigenvalue weighted by atomic mass is 32.1. The molecule has 0 atom stereocenters. The molecule has 0 bridgehead atoms. The van der Waals surface area contributed by atoms with Crippen molar-refractivity contribution in [3.63, 3.8) is 0 Å². The molecule has 0 aliphatic heterocycles. The Kier molecular flexibility index (Phi) is 2.93. The van der Waals surface area contributed by atoms with Gasteiger partial charge in [-0.05, 0) is 24.3 Å². The quantitative estimate of drug-likeness (QED) is 0.779. The summed E-state index contributed by atoms with van der Waals surface area (Å²) in [6, 6.07) is 11.3. The summed E-state index contributed by atoms with van der Waals surface area (Å²) in [6.45, 7) is 0. The number of hydrogen-bond acceptors (Lipinski definition) is 6. The van der Waals surface area contributed by atoms with Gasteiger partial charge in [0, 0.05) is 23.9 Å². The van der Waals surface area contributed by atoms with Gasteiger partial charge in [-0.1, -0.05) is 12.1 Å². The normalized spacial score (nSPS) is 10.2. The van der Waals surface area contributed by atoms with Gasteiger partial charge in [0.25, 0.3) is 0 Å². The molecule has 18 heavy (non-hydrogen) atoms. The Balaban J connectivity index is 1.82. The van der Waals surface area contributed by atoms with Gasteiger partial charge in [-0.15, -0.1) is 0 Å². The van der Waals surface area contributed by atoms with Gasteiger partial charge in [-0.25, -0.2) is 4.98 Å². The number of nitrogens with one attached hydrogen (secondary N) is 1. The first-order chi connectivity index (χ1) is 8.92. The van der Waals surface area contributed by atoms with Crippen LogP contribution in [0.4, 0.5) is 10.9 Å². The van der Waals surface area contributed by atoms with E-state index in [1.165, 1.54) is 11.5 Å². The second-order valence-electron chi connectivity index (χ2n) is 3.48. The fourth-order valence-corrected chi connectivity index (χ4v) is 2.00. The van der Waals surface area contributed by atoms with Gasteiger partial charge in [0.2, 0.25) is 5.13 Å².